The molecule has 0 unspecified atom stereocenters. The Bertz CT molecular complexity index is 696. The molecule has 0 saturated carbocycles. The Morgan fingerprint density at radius 3 is 2.67 bits per heavy atom. The number of carboxylic acids is 1. The molecule has 6 heteroatoms. The summed E-state index contributed by atoms with van der Waals surface area (Å²) in [6.45, 7) is 1.91. The fraction of sp³-hybridized carbons (Fsp3) is 0.133. The van der Waals surface area contributed by atoms with E-state index in [9.17, 15) is 14.9 Å². The van der Waals surface area contributed by atoms with Crippen molar-refractivity contribution >= 4 is 11.7 Å². The zero-order valence-corrected chi connectivity index (χ0v) is 11.3. The number of nitro groups is 1. The fourth-order valence-electron chi connectivity index (χ4n) is 1.86. The van der Waals surface area contributed by atoms with Gasteiger partial charge in [-0.1, -0.05) is 12.1 Å². The van der Waals surface area contributed by atoms with Crippen LogP contribution >= 0.6 is 0 Å². The Balaban J connectivity index is 2.11. The molecule has 0 aromatic heterocycles. The monoisotopic (exact) mass is 287 g/mol. The van der Waals surface area contributed by atoms with E-state index >= 15 is 0 Å². The highest BCUT2D eigenvalue weighted by atomic mass is 16.6. The number of nitrogens with zero attached hydrogens (tertiary/aromatic N) is 1. The first-order chi connectivity index (χ1) is 9.97. The highest BCUT2D eigenvalue weighted by Crippen LogP contribution is 2.24. The van der Waals surface area contributed by atoms with Gasteiger partial charge in [-0.05, 0) is 36.2 Å². The number of benzene rings is 2. The molecule has 0 amide bonds. The third kappa shape index (κ3) is 3.56. The number of rotatable bonds is 5. The first-order valence-corrected chi connectivity index (χ1v) is 6.17. The number of ether oxygens (including phenoxy) is 1. The predicted octanol–water partition coefficient (Wildman–Crippen LogP) is 3.18. The maximum absolute atomic E-state index is 10.9. The number of nitro benzene ring substituents is 1. The molecule has 108 valence electrons. The van der Waals surface area contributed by atoms with Crippen molar-refractivity contribution < 1.29 is 19.6 Å². The van der Waals surface area contributed by atoms with E-state index in [2.05, 4.69) is 0 Å². The van der Waals surface area contributed by atoms with Gasteiger partial charge < -0.3 is 9.84 Å². The van der Waals surface area contributed by atoms with Crippen LogP contribution in [-0.4, -0.2) is 16.0 Å². The number of hydrogen-bond donors (Lipinski definition) is 1. The molecule has 0 spiro atoms. The minimum atomic E-state index is -0.997. The van der Waals surface area contributed by atoms with Crippen LogP contribution in [0.15, 0.2) is 42.5 Å². The Kier molecular flexibility index (Phi) is 4.18. The molecule has 2 rings (SSSR count). The molecule has 0 saturated heterocycles. The summed E-state index contributed by atoms with van der Waals surface area (Å²) in [5.41, 5.74) is 1.57. The van der Waals surface area contributed by atoms with Gasteiger partial charge in [0.05, 0.1) is 10.5 Å². The topological polar surface area (TPSA) is 89.7 Å². The lowest BCUT2D eigenvalue weighted by molar-refractivity contribution is -0.384. The van der Waals surface area contributed by atoms with Crippen LogP contribution in [0.4, 0.5) is 5.69 Å². The van der Waals surface area contributed by atoms with E-state index in [1.54, 1.807) is 19.1 Å². The molecule has 0 aliphatic rings. The van der Waals surface area contributed by atoms with Crippen molar-refractivity contribution in [2.45, 2.75) is 13.5 Å². The van der Waals surface area contributed by atoms with Crippen LogP contribution in [0, 0.1) is 17.0 Å². The Labute approximate surface area is 120 Å². The van der Waals surface area contributed by atoms with Crippen LogP contribution in [0.25, 0.3) is 0 Å². The van der Waals surface area contributed by atoms with Gasteiger partial charge in [-0.25, -0.2) is 4.79 Å². The second kappa shape index (κ2) is 6.04. The summed E-state index contributed by atoms with van der Waals surface area (Å²) in [7, 11) is 0. The van der Waals surface area contributed by atoms with Crippen molar-refractivity contribution in [1.29, 1.82) is 0 Å². The molecule has 2 aromatic carbocycles. The van der Waals surface area contributed by atoms with Gasteiger partial charge in [0.1, 0.15) is 12.4 Å². The minimum absolute atomic E-state index is 0.00715. The first-order valence-electron chi connectivity index (χ1n) is 6.17. The number of carbonyl (C=O) groups is 1. The molecule has 0 atom stereocenters. The number of hydrogen-bond acceptors (Lipinski definition) is 4. The molecule has 0 fully saturated rings. The second-order valence-corrected chi connectivity index (χ2v) is 4.50. The van der Waals surface area contributed by atoms with Crippen molar-refractivity contribution in [3.63, 3.8) is 0 Å². The van der Waals surface area contributed by atoms with E-state index < -0.39 is 10.9 Å². The van der Waals surface area contributed by atoms with Gasteiger partial charge in [0, 0.05) is 12.1 Å². The van der Waals surface area contributed by atoms with Crippen LogP contribution in [0.3, 0.4) is 0 Å². The van der Waals surface area contributed by atoms with Gasteiger partial charge in [0.15, 0.2) is 0 Å². The Hall–Kier alpha value is -2.89. The van der Waals surface area contributed by atoms with E-state index in [-0.39, 0.29) is 17.9 Å². The summed E-state index contributed by atoms with van der Waals surface area (Å²) >= 11 is 0. The number of non-ortho nitro benzene ring substituents is 1. The number of carboxylic acid groups (broad SMARTS) is 1. The summed E-state index contributed by atoms with van der Waals surface area (Å²) in [4.78, 5) is 21.1. The predicted molar refractivity (Wildman–Crippen MR) is 75.6 cm³/mol. The van der Waals surface area contributed by atoms with Crippen molar-refractivity contribution in [1.82, 2.24) is 0 Å². The van der Waals surface area contributed by atoms with Crippen molar-refractivity contribution in [2.24, 2.45) is 0 Å². The molecule has 0 aliphatic carbocycles. The normalized spacial score (nSPS) is 10.1. The number of aryl methyl sites for hydroxylation is 1. The standard InChI is InChI=1S/C15H13NO5/c1-10-7-13(16(19)20)5-6-14(10)21-9-11-3-2-4-12(8-11)15(17)18/h2-8H,9H2,1H3,(H,17,18). The van der Waals surface area contributed by atoms with Crippen LogP contribution in [0.2, 0.25) is 0 Å². The van der Waals surface area contributed by atoms with Crippen molar-refractivity contribution in [3.05, 3.63) is 69.3 Å². The second-order valence-electron chi connectivity index (χ2n) is 4.50. The molecule has 21 heavy (non-hydrogen) atoms. The van der Waals surface area contributed by atoms with Crippen LogP contribution < -0.4 is 4.74 Å². The zero-order valence-electron chi connectivity index (χ0n) is 11.3. The quantitative estimate of drug-likeness (QED) is 0.673. The van der Waals surface area contributed by atoms with Crippen LogP contribution in [0.1, 0.15) is 21.5 Å². The molecule has 0 aliphatic heterocycles. The van der Waals surface area contributed by atoms with Gasteiger partial charge >= 0.3 is 5.97 Å². The smallest absolute Gasteiger partial charge is 0.335 e. The molecular formula is C15H13NO5. The largest absolute Gasteiger partial charge is 0.489 e. The molecule has 0 radical (unpaired) electrons. The van der Waals surface area contributed by atoms with E-state index in [4.69, 9.17) is 9.84 Å². The summed E-state index contributed by atoms with van der Waals surface area (Å²) in [5.74, 6) is -0.468. The molecule has 0 heterocycles. The summed E-state index contributed by atoms with van der Waals surface area (Å²) in [6, 6.07) is 10.8. The fourth-order valence-corrected chi connectivity index (χ4v) is 1.86. The van der Waals surface area contributed by atoms with Gasteiger partial charge in [-0.2, -0.15) is 0 Å². The zero-order chi connectivity index (χ0) is 15.4. The van der Waals surface area contributed by atoms with E-state index in [1.165, 1.54) is 30.3 Å². The molecule has 1 N–H and O–H groups in total. The Morgan fingerprint density at radius 2 is 2.05 bits per heavy atom. The van der Waals surface area contributed by atoms with Gasteiger partial charge in [0.2, 0.25) is 0 Å². The average Bonchev–Trinajstić information content (AvgIpc) is 2.46. The lowest BCUT2D eigenvalue weighted by Gasteiger charge is -2.09. The molecular weight excluding hydrogens is 274 g/mol. The molecule has 2 aromatic rings. The van der Waals surface area contributed by atoms with E-state index in [1.807, 2.05) is 0 Å². The number of aromatic carboxylic acids is 1. The molecule has 6 nitrogen and oxygen atoms in total. The van der Waals surface area contributed by atoms with Crippen molar-refractivity contribution in [3.8, 4) is 5.75 Å². The van der Waals surface area contributed by atoms with Gasteiger partial charge in [-0.15, -0.1) is 0 Å². The van der Waals surface area contributed by atoms with E-state index in [0.29, 0.717) is 16.9 Å². The minimum Gasteiger partial charge on any atom is -0.489 e. The van der Waals surface area contributed by atoms with Crippen molar-refractivity contribution in [2.75, 3.05) is 0 Å². The summed E-state index contributed by atoms with van der Waals surface area (Å²) < 4.78 is 5.58. The lowest BCUT2D eigenvalue weighted by Crippen LogP contribution is -2.01. The Morgan fingerprint density at radius 1 is 1.29 bits per heavy atom. The average molecular weight is 287 g/mol. The first kappa shape index (κ1) is 14.5. The highest BCUT2D eigenvalue weighted by Gasteiger charge is 2.09. The highest BCUT2D eigenvalue weighted by molar-refractivity contribution is 5.87. The molecule has 0 bridgehead atoms. The third-order valence-corrected chi connectivity index (χ3v) is 2.94. The van der Waals surface area contributed by atoms with Crippen LogP contribution in [0.5, 0.6) is 5.75 Å². The van der Waals surface area contributed by atoms with Gasteiger partial charge in [-0.3, -0.25) is 10.1 Å². The van der Waals surface area contributed by atoms with Gasteiger partial charge in [0.25, 0.3) is 5.69 Å². The summed E-state index contributed by atoms with van der Waals surface area (Å²) in [5, 5.41) is 19.6. The SMILES string of the molecule is Cc1cc([N+](=O)[O-])ccc1OCc1cccc(C(=O)O)c1. The third-order valence-electron chi connectivity index (χ3n) is 2.94. The maximum Gasteiger partial charge on any atom is 0.335 e. The maximum atomic E-state index is 10.9. The van der Waals surface area contributed by atoms with E-state index in [0.717, 1.165) is 0 Å². The lowest BCUT2D eigenvalue weighted by atomic mass is 10.1. The summed E-state index contributed by atoms with van der Waals surface area (Å²) in [6.07, 6.45) is 0. The van der Waals surface area contributed by atoms with Crippen LogP contribution in [-0.2, 0) is 6.61 Å².